The van der Waals surface area contributed by atoms with Gasteiger partial charge in [-0.05, 0) is 34.0 Å². The van der Waals surface area contributed by atoms with Gasteiger partial charge in [-0.1, -0.05) is 30.3 Å². The normalized spacial score (nSPS) is 10.6. The van der Waals surface area contributed by atoms with E-state index in [1.807, 2.05) is 30.3 Å². The molecule has 0 aliphatic heterocycles. The van der Waals surface area contributed by atoms with Crippen LogP contribution in [0, 0.1) is 6.92 Å². The van der Waals surface area contributed by atoms with Crippen LogP contribution in [0.2, 0.25) is 0 Å². The molecule has 0 unspecified atom stereocenters. The van der Waals surface area contributed by atoms with Crippen molar-refractivity contribution in [1.29, 1.82) is 0 Å². The molecule has 2 N–H and O–H groups in total. The van der Waals surface area contributed by atoms with E-state index in [1.54, 1.807) is 13.1 Å². The number of nitrogen functional groups attached to an aromatic ring is 1. The monoisotopic (exact) mass is 322 g/mol. The third-order valence-corrected chi connectivity index (χ3v) is 3.78. The molecule has 0 aliphatic rings. The van der Waals surface area contributed by atoms with E-state index in [1.165, 1.54) is 4.57 Å². The molecule has 4 nitrogen and oxygen atoms in total. The van der Waals surface area contributed by atoms with Crippen LogP contribution in [0.3, 0.4) is 0 Å². The molecule has 0 saturated heterocycles. The highest BCUT2D eigenvalue weighted by molar-refractivity contribution is 9.10. The predicted molar refractivity (Wildman–Crippen MR) is 78.8 cm³/mol. The summed E-state index contributed by atoms with van der Waals surface area (Å²) in [5.74, 6) is 0. The van der Waals surface area contributed by atoms with Gasteiger partial charge in [0, 0.05) is 6.20 Å². The molecule has 0 atom stereocenters. The number of nitrogens with zero attached hydrogens (tertiary/aromatic N) is 1. The van der Waals surface area contributed by atoms with Crippen molar-refractivity contribution in [2.45, 2.75) is 20.3 Å². The van der Waals surface area contributed by atoms with Gasteiger partial charge in [0.1, 0.15) is 6.73 Å². The second kappa shape index (κ2) is 6.04. The van der Waals surface area contributed by atoms with Crippen LogP contribution in [-0.2, 0) is 18.1 Å². The number of nitrogens with two attached hydrogens (primary N) is 1. The van der Waals surface area contributed by atoms with Gasteiger partial charge in [-0.25, -0.2) is 0 Å². The summed E-state index contributed by atoms with van der Waals surface area (Å²) in [5.41, 5.74) is 8.07. The van der Waals surface area contributed by atoms with Gasteiger partial charge >= 0.3 is 0 Å². The first-order valence-corrected chi connectivity index (χ1v) is 6.65. The quantitative estimate of drug-likeness (QED) is 0.941. The van der Waals surface area contributed by atoms with Gasteiger partial charge in [-0.3, -0.25) is 9.36 Å². The Hall–Kier alpha value is -1.59. The average Bonchev–Trinajstić information content (AvgIpc) is 2.43. The minimum atomic E-state index is -0.139. The molecule has 1 aromatic heterocycles. The summed E-state index contributed by atoms with van der Waals surface area (Å²) in [7, 11) is 0. The van der Waals surface area contributed by atoms with Gasteiger partial charge in [0.15, 0.2) is 0 Å². The summed E-state index contributed by atoms with van der Waals surface area (Å²) in [4.78, 5) is 12.0. The molecule has 0 aliphatic carbocycles. The number of aromatic nitrogens is 1. The highest BCUT2D eigenvalue weighted by Gasteiger charge is 2.08. The Morgan fingerprint density at radius 2 is 2.00 bits per heavy atom. The van der Waals surface area contributed by atoms with E-state index in [4.69, 9.17) is 10.5 Å². The molecule has 5 heteroatoms. The van der Waals surface area contributed by atoms with Gasteiger partial charge in [-0.15, -0.1) is 0 Å². The Kier molecular flexibility index (Phi) is 4.39. The Balaban J connectivity index is 2.07. The first-order chi connectivity index (χ1) is 9.09. The van der Waals surface area contributed by atoms with Crippen LogP contribution in [-0.4, -0.2) is 4.57 Å². The van der Waals surface area contributed by atoms with Crippen molar-refractivity contribution in [3.8, 4) is 0 Å². The lowest BCUT2D eigenvalue weighted by atomic mass is 10.2. The highest BCUT2D eigenvalue weighted by atomic mass is 79.9. The van der Waals surface area contributed by atoms with Crippen molar-refractivity contribution in [3.63, 3.8) is 0 Å². The van der Waals surface area contributed by atoms with Crippen LogP contribution < -0.4 is 11.3 Å². The van der Waals surface area contributed by atoms with E-state index >= 15 is 0 Å². The zero-order chi connectivity index (χ0) is 13.8. The molecule has 0 fully saturated rings. The van der Waals surface area contributed by atoms with Crippen molar-refractivity contribution in [2.75, 3.05) is 5.73 Å². The second-order valence-corrected chi connectivity index (χ2v) is 5.05. The fourth-order valence-electron chi connectivity index (χ4n) is 1.67. The average molecular weight is 323 g/mol. The van der Waals surface area contributed by atoms with Crippen LogP contribution in [0.4, 0.5) is 5.69 Å². The smallest absolute Gasteiger partial charge is 0.267 e. The SMILES string of the molecule is Cc1c(N)cn(COCc2ccccc2)c(=O)c1Br. The lowest BCUT2D eigenvalue weighted by molar-refractivity contribution is 0.0617. The molecule has 2 aromatic rings. The van der Waals surface area contributed by atoms with Crippen molar-refractivity contribution < 1.29 is 4.74 Å². The van der Waals surface area contributed by atoms with Crippen molar-refractivity contribution in [3.05, 3.63) is 62.5 Å². The molecule has 0 amide bonds. The Morgan fingerprint density at radius 3 is 2.68 bits per heavy atom. The zero-order valence-electron chi connectivity index (χ0n) is 10.6. The fourth-order valence-corrected chi connectivity index (χ4v) is 2.13. The van der Waals surface area contributed by atoms with Gasteiger partial charge in [-0.2, -0.15) is 0 Å². The van der Waals surface area contributed by atoms with E-state index in [2.05, 4.69) is 15.9 Å². The number of hydrogen-bond acceptors (Lipinski definition) is 3. The minimum Gasteiger partial charge on any atom is -0.397 e. The van der Waals surface area contributed by atoms with E-state index in [9.17, 15) is 4.79 Å². The summed E-state index contributed by atoms with van der Waals surface area (Å²) in [5, 5.41) is 0. The van der Waals surface area contributed by atoms with E-state index in [0.29, 0.717) is 16.8 Å². The van der Waals surface area contributed by atoms with E-state index in [0.717, 1.165) is 11.1 Å². The minimum absolute atomic E-state index is 0.139. The fraction of sp³-hybridized carbons (Fsp3) is 0.214. The lowest BCUT2D eigenvalue weighted by Gasteiger charge is -2.11. The van der Waals surface area contributed by atoms with Crippen LogP contribution in [0.15, 0.2) is 45.8 Å². The second-order valence-electron chi connectivity index (χ2n) is 4.26. The van der Waals surface area contributed by atoms with Crippen LogP contribution in [0.1, 0.15) is 11.1 Å². The number of rotatable bonds is 4. The number of benzene rings is 1. The van der Waals surface area contributed by atoms with Gasteiger partial charge in [0.05, 0.1) is 16.8 Å². The molecule has 0 radical (unpaired) electrons. The molecule has 100 valence electrons. The lowest BCUT2D eigenvalue weighted by Crippen LogP contribution is -2.23. The molecular formula is C14H15BrN2O2. The third-order valence-electron chi connectivity index (χ3n) is 2.85. The Morgan fingerprint density at radius 1 is 1.32 bits per heavy atom. The molecule has 0 spiro atoms. The number of pyridine rings is 1. The molecule has 19 heavy (non-hydrogen) atoms. The maximum Gasteiger partial charge on any atom is 0.267 e. The van der Waals surface area contributed by atoms with Crippen LogP contribution in [0.25, 0.3) is 0 Å². The van der Waals surface area contributed by atoms with Gasteiger partial charge in [0.2, 0.25) is 0 Å². The number of anilines is 1. The molecule has 1 aromatic carbocycles. The Labute approximate surface area is 119 Å². The van der Waals surface area contributed by atoms with Crippen molar-refractivity contribution in [1.82, 2.24) is 4.57 Å². The molecule has 1 heterocycles. The molecule has 0 saturated carbocycles. The standard InChI is InChI=1S/C14H15BrN2O2/c1-10-12(16)7-17(14(18)13(10)15)9-19-8-11-5-3-2-4-6-11/h2-7H,8-9,16H2,1H3. The largest absolute Gasteiger partial charge is 0.397 e. The first-order valence-electron chi connectivity index (χ1n) is 5.86. The van der Waals surface area contributed by atoms with Crippen molar-refractivity contribution in [2.24, 2.45) is 0 Å². The summed E-state index contributed by atoms with van der Waals surface area (Å²) >= 11 is 3.25. The van der Waals surface area contributed by atoms with Gasteiger partial charge in [0.25, 0.3) is 5.56 Å². The summed E-state index contributed by atoms with van der Waals surface area (Å²) < 4.78 is 7.46. The summed E-state index contributed by atoms with van der Waals surface area (Å²) in [6.45, 7) is 2.44. The molecule has 2 rings (SSSR count). The predicted octanol–water partition coefficient (Wildman–Crippen LogP) is 2.68. The van der Waals surface area contributed by atoms with E-state index < -0.39 is 0 Å². The third kappa shape index (κ3) is 3.24. The maximum atomic E-state index is 12.0. The topological polar surface area (TPSA) is 57.2 Å². The molecule has 0 bridgehead atoms. The maximum absolute atomic E-state index is 12.0. The number of hydrogen-bond donors (Lipinski definition) is 1. The Bertz CT molecular complexity index is 623. The summed E-state index contributed by atoms with van der Waals surface area (Å²) in [6, 6.07) is 9.80. The van der Waals surface area contributed by atoms with Gasteiger partial charge < -0.3 is 10.5 Å². The van der Waals surface area contributed by atoms with E-state index in [-0.39, 0.29) is 12.3 Å². The van der Waals surface area contributed by atoms with Crippen molar-refractivity contribution >= 4 is 21.6 Å². The first kappa shape index (κ1) is 13.8. The number of ether oxygens (including phenoxy) is 1. The number of halogens is 1. The van der Waals surface area contributed by atoms with Crippen LogP contribution in [0.5, 0.6) is 0 Å². The zero-order valence-corrected chi connectivity index (χ0v) is 12.2. The highest BCUT2D eigenvalue weighted by Crippen LogP contribution is 2.17. The molecular weight excluding hydrogens is 308 g/mol. The van der Waals surface area contributed by atoms with Crippen LogP contribution >= 0.6 is 15.9 Å². The summed E-state index contributed by atoms with van der Waals surface area (Å²) in [6.07, 6.45) is 1.60.